The maximum absolute atomic E-state index is 12.2. The zero-order valence-electron chi connectivity index (χ0n) is 14.8. The first-order valence-electron chi connectivity index (χ1n) is 8.33. The van der Waals surface area contributed by atoms with Crippen molar-refractivity contribution in [3.05, 3.63) is 53.0 Å². The highest BCUT2D eigenvalue weighted by molar-refractivity contribution is 9.10. The number of anilines is 2. The Labute approximate surface area is 161 Å². The second kappa shape index (κ2) is 9.94. The summed E-state index contributed by atoms with van der Waals surface area (Å²) in [6.45, 7) is 3.04. The lowest BCUT2D eigenvalue weighted by Gasteiger charge is -2.17. The van der Waals surface area contributed by atoms with Crippen LogP contribution in [0.15, 0.2) is 53.0 Å². The number of quaternary nitrogens is 1. The summed E-state index contributed by atoms with van der Waals surface area (Å²) in [4.78, 5) is 25.3. The third-order valence-electron chi connectivity index (χ3n) is 3.84. The predicted molar refractivity (Wildman–Crippen MR) is 106 cm³/mol. The average molecular weight is 421 g/mol. The third kappa shape index (κ3) is 6.16. The SMILES string of the molecule is CC[NH+](CC(=O)Nc1ccc(OC)cc1)CC(=O)Nc1ccccc1Br. The Morgan fingerprint density at radius 2 is 1.62 bits per heavy atom. The number of rotatable bonds is 8. The van der Waals surface area contributed by atoms with Crippen LogP contribution in [0.3, 0.4) is 0 Å². The molecule has 0 saturated heterocycles. The van der Waals surface area contributed by atoms with Gasteiger partial charge in [-0.25, -0.2) is 0 Å². The fraction of sp³-hybridized carbons (Fsp3) is 0.263. The van der Waals surface area contributed by atoms with E-state index in [9.17, 15) is 9.59 Å². The summed E-state index contributed by atoms with van der Waals surface area (Å²) in [5.41, 5.74) is 1.42. The van der Waals surface area contributed by atoms with E-state index in [-0.39, 0.29) is 24.9 Å². The standard InChI is InChI=1S/C19H22BrN3O3/c1-3-23(13-19(25)22-17-7-5-4-6-16(17)20)12-18(24)21-14-8-10-15(26-2)11-9-14/h4-11H,3,12-13H2,1-2H3,(H,21,24)(H,22,25)/p+1. The molecule has 0 aromatic heterocycles. The first-order chi connectivity index (χ1) is 12.5. The van der Waals surface area contributed by atoms with E-state index in [1.165, 1.54) is 0 Å². The highest BCUT2D eigenvalue weighted by atomic mass is 79.9. The fourth-order valence-electron chi connectivity index (χ4n) is 2.40. The van der Waals surface area contributed by atoms with Gasteiger partial charge in [-0.15, -0.1) is 0 Å². The maximum atomic E-state index is 12.2. The number of amides is 2. The third-order valence-corrected chi connectivity index (χ3v) is 4.53. The van der Waals surface area contributed by atoms with Gasteiger partial charge in [0.2, 0.25) is 0 Å². The predicted octanol–water partition coefficient (Wildman–Crippen LogP) is 1.94. The molecule has 1 unspecified atom stereocenters. The van der Waals surface area contributed by atoms with E-state index in [1.54, 1.807) is 31.4 Å². The van der Waals surface area contributed by atoms with Crippen LogP contribution in [0.2, 0.25) is 0 Å². The smallest absolute Gasteiger partial charge is 0.279 e. The molecule has 0 aliphatic carbocycles. The molecule has 0 bridgehead atoms. The molecule has 0 heterocycles. The molecule has 2 amide bonds. The van der Waals surface area contributed by atoms with E-state index in [0.717, 1.165) is 20.8 Å². The van der Waals surface area contributed by atoms with Gasteiger partial charge in [-0.1, -0.05) is 12.1 Å². The molecular weight excluding hydrogens is 398 g/mol. The Kier molecular flexibility index (Phi) is 7.62. The van der Waals surface area contributed by atoms with Crippen LogP contribution in [0, 0.1) is 0 Å². The second-order valence-electron chi connectivity index (χ2n) is 5.76. The van der Waals surface area contributed by atoms with Crippen molar-refractivity contribution in [1.82, 2.24) is 0 Å². The van der Waals surface area contributed by atoms with Gasteiger partial charge in [0.1, 0.15) is 5.75 Å². The van der Waals surface area contributed by atoms with Gasteiger partial charge < -0.3 is 20.3 Å². The number of hydrogen-bond acceptors (Lipinski definition) is 3. The number of ether oxygens (including phenoxy) is 1. The first kappa shape index (κ1) is 19.9. The quantitative estimate of drug-likeness (QED) is 0.610. The summed E-state index contributed by atoms with van der Waals surface area (Å²) < 4.78 is 5.92. The van der Waals surface area contributed by atoms with E-state index in [2.05, 4.69) is 26.6 Å². The Morgan fingerprint density at radius 3 is 2.19 bits per heavy atom. The van der Waals surface area contributed by atoms with Crippen molar-refractivity contribution in [2.24, 2.45) is 0 Å². The lowest BCUT2D eigenvalue weighted by molar-refractivity contribution is -0.881. The molecule has 0 aliphatic rings. The van der Waals surface area contributed by atoms with Gasteiger partial charge >= 0.3 is 0 Å². The Bertz CT molecular complexity index is 750. The fourth-order valence-corrected chi connectivity index (χ4v) is 2.79. The van der Waals surface area contributed by atoms with Gasteiger partial charge in [0, 0.05) is 10.2 Å². The van der Waals surface area contributed by atoms with Crippen LogP contribution >= 0.6 is 15.9 Å². The van der Waals surface area contributed by atoms with Gasteiger partial charge in [0.05, 0.1) is 19.3 Å². The minimum atomic E-state index is -0.138. The zero-order chi connectivity index (χ0) is 18.9. The normalized spacial score (nSPS) is 11.5. The summed E-state index contributed by atoms with van der Waals surface area (Å²) in [7, 11) is 1.59. The Balaban J connectivity index is 1.86. The van der Waals surface area contributed by atoms with Crippen LogP contribution in [-0.4, -0.2) is 38.6 Å². The number of nitrogens with one attached hydrogen (secondary N) is 3. The molecule has 1 atom stereocenters. The number of methoxy groups -OCH3 is 1. The highest BCUT2D eigenvalue weighted by Crippen LogP contribution is 2.20. The van der Waals surface area contributed by atoms with Crippen LogP contribution in [0.5, 0.6) is 5.75 Å². The van der Waals surface area contributed by atoms with Crippen LogP contribution in [0.1, 0.15) is 6.92 Å². The minimum Gasteiger partial charge on any atom is -0.497 e. The van der Waals surface area contributed by atoms with Gasteiger partial charge in [0.15, 0.2) is 13.1 Å². The Hall–Kier alpha value is -2.38. The van der Waals surface area contributed by atoms with Crippen molar-refractivity contribution in [2.45, 2.75) is 6.92 Å². The lowest BCUT2D eigenvalue weighted by Crippen LogP contribution is -3.13. The van der Waals surface area contributed by atoms with E-state index >= 15 is 0 Å². The number of carbonyl (C=O) groups excluding carboxylic acids is 2. The van der Waals surface area contributed by atoms with Gasteiger partial charge in [0.25, 0.3) is 11.8 Å². The number of likely N-dealkylation sites (N-methyl/N-ethyl adjacent to an activating group) is 1. The molecule has 2 aromatic carbocycles. The molecule has 7 heteroatoms. The first-order valence-corrected chi connectivity index (χ1v) is 9.13. The Morgan fingerprint density at radius 1 is 1.00 bits per heavy atom. The molecule has 0 fully saturated rings. The van der Waals surface area contributed by atoms with Gasteiger partial charge in [-0.2, -0.15) is 0 Å². The largest absolute Gasteiger partial charge is 0.497 e. The number of carbonyl (C=O) groups is 2. The lowest BCUT2D eigenvalue weighted by atomic mass is 10.3. The average Bonchev–Trinajstić information content (AvgIpc) is 2.63. The molecule has 138 valence electrons. The topological polar surface area (TPSA) is 71.9 Å². The second-order valence-corrected chi connectivity index (χ2v) is 6.62. The van der Waals surface area contributed by atoms with Crippen molar-refractivity contribution in [3.8, 4) is 5.75 Å². The summed E-state index contributed by atoms with van der Waals surface area (Å²) in [6.07, 6.45) is 0. The van der Waals surface area contributed by atoms with Crippen LogP contribution in [-0.2, 0) is 9.59 Å². The molecular formula is C19H23BrN3O3+. The molecule has 26 heavy (non-hydrogen) atoms. The van der Waals surface area contributed by atoms with Crippen molar-refractivity contribution < 1.29 is 19.2 Å². The van der Waals surface area contributed by atoms with E-state index in [0.29, 0.717) is 12.2 Å². The molecule has 2 rings (SSSR count). The van der Waals surface area contributed by atoms with Crippen molar-refractivity contribution in [3.63, 3.8) is 0 Å². The summed E-state index contributed by atoms with van der Waals surface area (Å²) >= 11 is 3.40. The summed E-state index contributed by atoms with van der Waals surface area (Å²) in [6, 6.07) is 14.5. The number of benzene rings is 2. The van der Waals surface area contributed by atoms with Crippen LogP contribution in [0.4, 0.5) is 11.4 Å². The van der Waals surface area contributed by atoms with Crippen LogP contribution in [0.25, 0.3) is 0 Å². The number of halogens is 1. The zero-order valence-corrected chi connectivity index (χ0v) is 16.4. The molecule has 2 aromatic rings. The maximum Gasteiger partial charge on any atom is 0.279 e. The van der Waals surface area contributed by atoms with Crippen molar-refractivity contribution in [2.75, 3.05) is 37.4 Å². The monoisotopic (exact) mass is 420 g/mol. The van der Waals surface area contributed by atoms with Crippen molar-refractivity contribution >= 4 is 39.1 Å². The van der Waals surface area contributed by atoms with Crippen molar-refractivity contribution in [1.29, 1.82) is 0 Å². The highest BCUT2D eigenvalue weighted by Gasteiger charge is 2.17. The molecule has 0 spiro atoms. The summed E-state index contributed by atoms with van der Waals surface area (Å²) in [5, 5.41) is 5.69. The van der Waals surface area contributed by atoms with E-state index < -0.39 is 0 Å². The molecule has 6 nitrogen and oxygen atoms in total. The molecule has 3 N–H and O–H groups in total. The molecule has 0 saturated carbocycles. The van der Waals surface area contributed by atoms with Gasteiger partial charge in [-0.3, -0.25) is 9.59 Å². The molecule has 0 radical (unpaired) electrons. The minimum absolute atomic E-state index is 0.133. The van der Waals surface area contributed by atoms with Crippen LogP contribution < -0.4 is 20.3 Å². The number of hydrogen-bond donors (Lipinski definition) is 3. The molecule has 0 aliphatic heterocycles. The van der Waals surface area contributed by atoms with E-state index in [1.807, 2.05) is 31.2 Å². The van der Waals surface area contributed by atoms with E-state index in [4.69, 9.17) is 4.74 Å². The number of para-hydroxylation sites is 1. The summed E-state index contributed by atoms with van der Waals surface area (Å²) in [5.74, 6) is 0.458. The van der Waals surface area contributed by atoms with Gasteiger partial charge in [-0.05, 0) is 59.3 Å².